The molecule has 0 radical (unpaired) electrons. The first-order valence-corrected chi connectivity index (χ1v) is 17.3. The lowest BCUT2D eigenvalue weighted by Crippen LogP contribution is -2.55. The van der Waals surface area contributed by atoms with Gasteiger partial charge in [-0.05, 0) is 55.7 Å². The highest BCUT2D eigenvalue weighted by Gasteiger charge is 2.58. The number of pyridine rings is 1. The van der Waals surface area contributed by atoms with Gasteiger partial charge in [-0.1, -0.05) is 86.5 Å². The lowest BCUT2D eigenvalue weighted by molar-refractivity contribution is 0.193. The number of nitrogens with zero attached hydrogens (tertiary/aromatic N) is 6. The van der Waals surface area contributed by atoms with Gasteiger partial charge in [-0.15, -0.1) is 11.3 Å². The predicted molar refractivity (Wildman–Crippen MR) is 193 cm³/mol. The second-order valence-electron chi connectivity index (χ2n) is 13.5. The van der Waals surface area contributed by atoms with Gasteiger partial charge in [0, 0.05) is 48.1 Å². The van der Waals surface area contributed by atoms with Gasteiger partial charge in [0.25, 0.3) is 0 Å². The maximum Gasteiger partial charge on any atom is 0.240 e. The zero-order valence-electron chi connectivity index (χ0n) is 26.3. The van der Waals surface area contributed by atoms with E-state index in [1.165, 1.54) is 49.3 Å². The van der Waals surface area contributed by atoms with Gasteiger partial charge in [0.15, 0.2) is 5.82 Å². The maximum absolute atomic E-state index is 5.41. The van der Waals surface area contributed by atoms with Gasteiger partial charge in [0.1, 0.15) is 0 Å². The summed E-state index contributed by atoms with van der Waals surface area (Å²) in [4.78, 5) is 23.2. The van der Waals surface area contributed by atoms with Crippen LogP contribution in [0.3, 0.4) is 0 Å². The van der Waals surface area contributed by atoms with Crippen LogP contribution in [0.25, 0.3) is 59.3 Å². The molecular weight excluding hydrogens is 597 g/mol. The summed E-state index contributed by atoms with van der Waals surface area (Å²) in [5, 5.41) is 4.85. The summed E-state index contributed by atoms with van der Waals surface area (Å²) in [5.41, 5.74) is 5.36. The average Bonchev–Trinajstić information content (AvgIpc) is 3.72. The van der Waals surface area contributed by atoms with Crippen molar-refractivity contribution in [3.05, 3.63) is 115 Å². The molecule has 0 saturated heterocycles. The third-order valence-electron chi connectivity index (χ3n) is 11.1. The molecule has 0 bridgehead atoms. The van der Waals surface area contributed by atoms with Crippen molar-refractivity contribution in [3.8, 4) is 17.3 Å². The highest BCUT2D eigenvalue weighted by Crippen LogP contribution is 2.60. The minimum absolute atomic E-state index is 0.0468. The molecule has 1 aliphatic heterocycles. The molecule has 4 aromatic carbocycles. The molecule has 8 aromatic rings. The molecule has 4 aromatic heterocycles. The standard InChI is InChI=1S/C40H32N6S/c1-39-21-9-10-22-40(39,2)46(33-24-41-23-20-30(33)39)38-43-36(29-16-11-15-28-27-14-5-8-19-34(27)47-35(28)29)42-37(44-38)45-31-17-6-3-12-25(31)26-13-4-7-18-32(26)45/h3-8,11-20,23-24H,9-10,21-22H2,1-2H3. The van der Waals surface area contributed by atoms with Crippen LogP contribution in [0.4, 0.5) is 11.6 Å². The van der Waals surface area contributed by atoms with Gasteiger partial charge in [0.2, 0.25) is 11.9 Å². The first-order valence-electron chi connectivity index (χ1n) is 16.5. The van der Waals surface area contributed by atoms with Crippen molar-refractivity contribution in [2.24, 2.45) is 0 Å². The summed E-state index contributed by atoms with van der Waals surface area (Å²) in [7, 11) is 0. The van der Waals surface area contributed by atoms with E-state index in [2.05, 4.69) is 125 Å². The fraction of sp³-hybridized carbons (Fsp3) is 0.200. The van der Waals surface area contributed by atoms with E-state index in [0.717, 1.165) is 35.1 Å². The van der Waals surface area contributed by atoms with Crippen LogP contribution < -0.4 is 4.90 Å². The number of hydrogen-bond donors (Lipinski definition) is 0. The van der Waals surface area contributed by atoms with Crippen LogP contribution >= 0.6 is 11.3 Å². The number of para-hydroxylation sites is 2. The van der Waals surface area contributed by atoms with E-state index in [1.54, 1.807) is 11.3 Å². The Morgan fingerprint density at radius 1 is 0.660 bits per heavy atom. The molecule has 1 saturated carbocycles. The Labute approximate surface area is 276 Å². The number of fused-ring (bicyclic) bond motifs is 9. The predicted octanol–water partition coefficient (Wildman–Crippen LogP) is 10.1. The van der Waals surface area contributed by atoms with Gasteiger partial charge in [-0.25, -0.2) is 0 Å². The molecule has 10 rings (SSSR count). The van der Waals surface area contributed by atoms with Crippen molar-refractivity contribution in [1.82, 2.24) is 24.5 Å². The molecule has 0 N–H and O–H groups in total. The molecule has 2 aliphatic rings. The van der Waals surface area contributed by atoms with E-state index in [1.807, 2.05) is 12.4 Å². The van der Waals surface area contributed by atoms with Crippen molar-refractivity contribution in [2.75, 3.05) is 4.90 Å². The summed E-state index contributed by atoms with van der Waals surface area (Å²) < 4.78 is 4.67. The molecule has 0 amide bonds. The van der Waals surface area contributed by atoms with Crippen LogP contribution in [0, 0.1) is 0 Å². The Morgan fingerprint density at radius 2 is 1.34 bits per heavy atom. The molecule has 1 fully saturated rings. The Bertz CT molecular complexity index is 2500. The zero-order valence-corrected chi connectivity index (χ0v) is 27.1. The summed E-state index contributed by atoms with van der Waals surface area (Å²) in [5.74, 6) is 1.98. The van der Waals surface area contributed by atoms with Crippen LogP contribution in [0.5, 0.6) is 0 Å². The lowest BCUT2D eigenvalue weighted by atomic mass is 9.62. The number of aromatic nitrogens is 5. The molecule has 7 heteroatoms. The highest BCUT2D eigenvalue weighted by atomic mass is 32.1. The van der Waals surface area contributed by atoms with Crippen LogP contribution in [-0.4, -0.2) is 30.0 Å². The molecule has 5 heterocycles. The van der Waals surface area contributed by atoms with Gasteiger partial charge in [-0.3, -0.25) is 9.55 Å². The number of rotatable bonds is 3. The molecule has 2 unspecified atom stereocenters. The second kappa shape index (κ2) is 9.69. The fourth-order valence-electron chi connectivity index (χ4n) is 8.64. The smallest absolute Gasteiger partial charge is 0.240 e. The maximum atomic E-state index is 5.41. The van der Waals surface area contributed by atoms with E-state index in [0.29, 0.717) is 17.7 Å². The van der Waals surface area contributed by atoms with Crippen LogP contribution in [-0.2, 0) is 5.41 Å². The molecular formula is C40H32N6S. The summed E-state index contributed by atoms with van der Waals surface area (Å²) in [6, 6.07) is 34.5. The number of benzene rings is 4. The quantitative estimate of drug-likeness (QED) is 0.195. The SMILES string of the molecule is CC12CCCCC1(C)N(c1nc(-c3cccc4c3sc3ccccc34)nc(-n3c4ccccc4c4ccccc43)n1)c1cnccc12. The Kier molecular flexibility index (Phi) is 5.57. The minimum atomic E-state index is -0.211. The molecule has 47 heavy (non-hydrogen) atoms. The van der Waals surface area contributed by atoms with E-state index < -0.39 is 0 Å². The lowest BCUT2D eigenvalue weighted by Gasteiger charge is -2.49. The van der Waals surface area contributed by atoms with Crippen molar-refractivity contribution in [1.29, 1.82) is 0 Å². The first kappa shape index (κ1) is 27.0. The van der Waals surface area contributed by atoms with Gasteiger partial charge >= 0.3 is 0 Å². The average molecular weight is 629 g/mol. The van der Waals surface area contributed by atoms with Crippen molar-refractivity contribution >= 4 is 65.0 Å². The third kappa shape index (κ3) is 3.60. The fourth-order valence-corrected chi connectivity index (χ4v) is 9.85. The van der Waals surface area contributed by atoms with Crippen LogP contribution in [0.2, 0.25) is 0 Å². The van der Waals surface area contributed by atoms with Crippen LogP contribution in [0.15, 0.2) is 109 Å². The van der Waals surface area contributed by atoms with Crippen LogP contribution in [0.1, 0.15) is 45.1 Å². The van der Waals surface area contributed by atoms with Gasteiger partial charge in [-0.2, -0.15) is 15.0 Å². The molecule has 2 atom stereocenters. The Morgan fingerprint density at radius 3 is 2.15 bits per heavy atom. The minimum Gasteiger partial charge on any atom is -0.302 e. The summed E-state index contributed by atoms with van der Waals surface area (Å²) in [6.07, 6.45) is 8.51. The van der Waals surface area contributed by atoms with Crippen molar-refractivity contribution in [3.63, 3.8) is 0 Å². The summed E-state index contributed by atoms with van der Waals surface area (Å²) >= 11 is 1.80. The normalized spacial score (nSPS) is 20.8. The summed E-state index contributed by atoms with van der Waals surface area (Å²) in [6.45, 7) is 4.83. The zero-order chi connectivity index (χ0) is 31.3. The molecule has 6 nitrogen and oxygen atoms in total. The van der Waals surface area contributed by atoms with Gasteiger partial charge < -0.3 is 4.90 Å². The third-order valence-corrected chi connectivity index (χ3v) is 12.4. The van der Waals surface area contributed by atoms with E-state index in [4.69, 9.17) is 15.0 Å². The highest BCUT2D eigenvalue weighted by molar-refractivity contribution is 7.26. The Hall–Kier alpha value is -5.14. The van der Waals surface area contributed by atoms with Gasteiger partial charge in [0.05, 0.1) is 28.5 Å². The molecule has 1 aliphatic carbocycles. The molecule has 0 spiro atoms. The first-order chi connectivity index (χ1) is 23.0. The Balaban J connectivity index is 1.30. The number of hydrogen-bond acceptors (Lipinski definition) is 6. The van der Waals surface area contributed by atoms with E-state index in [-0.39, 0.29) is 11.0 Å². The monoisotopic (exact) mass is 628 g/mol. The topological polar surface area (TPSA) is 59.7 Å². The number of anilines is 2. The molecule has 228 valence electrons. The van der Waals surface area contributed by atoms with E-state index >= 15 is 0 Å². The largest absolute Gasteiger partial charge is 0.302 e. The van der Waals surface area contributed by atoms with Crippen molar-refractivity contribution < 1.29 is 0 Å². The van der Waals surface area contributed by atoms with E-state index in [9.17, 15) is 0 Å². The second-order valence-corrected chi connectivity index (χ2v) is 14.5. The van der Waals surface area contributed by atoms with Crippen molar-refractivity contribution in [2.45, 2.75) is 50.5 Å². The number of thiophene rings is 1.